The van der Waals surface area contributed by atoms with Crippen molar-refractivity contribution >= 4 is 40.0 Å². The van der Waals surface area contributed by atoms with Gasteiger partial charge in [-0.1, -0.05) is 18.6 Å². The zero-order valence-electron chi connectivity index (χ0n) is 15.3. The molecule has 148 valence electrons. The molecule has 3 N–H and O–H groups in total. The lowest BCUT2D eigenvalue weighted by atomic mass is 10.2. The standard InChI is InChI=1S/C17H28N4O3S.HI/c1-14(13-24-2)20-17(18)19-12-15-7-6-8-16(11-15)25(22,23)21-9-4-3-5-10-21;/h6-8,11,14H,3-5,9-10,12-13H2,1-2H3,(H3,18,19,20);1H. The minimum atomic E-state index is -3.43. The second-order valence-electron chi connectivity index (χ2n) is 6.31. The molecule has 7 nitrogen and oxygen atoms in total. The number of rotatable bonds is 7. The Labute approximate surface area is 173 Å². The molecule has 1 saturated heterocycles. The van der Waals surface area contributed by atoms with Crippen LogP contribution in [0, 0.1) is 0 Å². The topological polar surface area (TPSA) is 97.0 Å². The predicted octanol–water partition coefficient (Wildman–Crippen LogP) is 1.92. The highest BCUT2D eigenvalue weighted by Crippen LogP contribution is 2.21. The summed E-state index contributed by atoms with van der Waals surface area (Å²) in [5.74, 6) is 0.314. The van der Waals surface area contributed by atoms with E-state index in [-0.39, 0.29) is 30.0 Å². The van der Waals surface area contributed by atoms with Crippen LogP contribution in [0.5, 0.6) is 0 Å². The molecule has 0 aromatic heterocycles. The van der Waals surface area contributed by atoms with Crippen LogP contribution in [0.1, 0.15) is 31.7 Å². The molecule has 0 saturated carbocycles. The number of ether oxygens (including phenoxy) is 1. The van der Waals surface area contributed by atoms with Gasteiger partial charge in [0.2, 0.25) is 10.0 Å². The Morgan fingerprint density at radius 3 is 2.69 bits per heavy atom. The molecule has 0 aliphatic carbocycles. The second kappa shape index (κ2) is 11.1. The fraction of sp³-hybridized carbons (Fsp3) is 0.588. The van der Waals surface area contributed by atoms with E-state index < -0.39 is 10.0 Å². The van der Waals surface area contributed by atoms with E-state index in [1.807, 2.05) is 13.0 Å². The molecule has 9 heteroatoms. The van der Waals surface area contributed by atoms with Gasteiger partial charge >= 0.3 is 0 Å². The molecular formula is C17H29IN4O3S. The van der Waals surface area contributed by atoms with Crippen LogP contribution in [0.15, 0.2) is 34.2 Å². The molecule has 26 heavy (non-hydrogen) atoms. The summed E-state index contributed by atoms with van der Waals surface area (Å²) in [5.41, 5.74) is 6.66. The van der Waals surface area contributed by atoms with Gasteiger partial charge in [-0.15, -0.1) is 24.0 Å². The number of aliphatic imine (C=N–C) groups is 1. The summed E-state index contributed by atoms with van der Waals surface area (Å²) in [6.45, 7) is 3.98. The van der Waals surface area contributed by atoms with Gasteiger partial charge in [0.1, 0.15) is 0 Å². The molecule has 1 aliphatic heterocycles. The smallest absolute Gasteiger partial charge is 0.243 e. The monoisotopic (exact) mass is 496 g/mol. The number of methoxy groups -OCH3 is 1. The summed E-state index contributed by atoms with van der Waals surface area (Å²) in [6, 6.07) is 6.97. The molecule has 1 heterocycles. The fourth-order valence-electron chi connectivity index (χ4n) is 2.82. The van der Waals surface area contributed by atoms with Crippen LogP contribution in [0.4, 0.5) is 0 Å². The molecule has 1 atom stereocenters. The zero-order chi connectivity index (χ0) is 18.3. The summed E-state index contributed by atoms with van der Waals surface area (Å²) in [7, 11) is -1.80. The summed E-state index contributed by atoms with van der Waals surface area (Å²) < 4.78 is 32.1. The highest BCUT2D eigenvalue weighted by Gasteiger charge is 2.25. The van der Waals surface area contributed by atoms with Gasteiger partial charge in [-0.3, -0.25) is 0 Å². The molecular weight excluding hydrogens is 467 g/mol. The van der Waals surface area contributed by atoms with Crippen molar-refractivity contribution < 1.29 is 13.2 Å². The van der Waals surface area contributed by atoms with Gasteiger partial charge < -0.3 is 15.8 Å². The molecule has 1 aromatic carbocycles. The SMILES string of the molecule is COCC(C)NC(N)=NCc1cccc(S(=O)(=O)N2CCCCC2)c1.I. The Morgan fingerprint density at radius 2 is 2.04 bits per heavy atom. The first-order chi connectivity index (χ1) is 11.9. The van der Waals surface area contributed by atoms with Gasteiger partial charge in [-0.05, 0) is 37.5 Å². The number of benzene rings is 1. The largest absolute Gasteiger partial charge is 0.383 e. The van der Waals surface area contributed by atoms with E-state index in [0.29, 0.717) is 37.1 Å². The van der Waals surface area contributed by atoms with Crippen molar-refractivity contribution in [2.45, 2.75) is 43.7 Å². The van der Waals surface area contributed by atoms with Crippen LogP contribution >= 0.6 is 24.0 Å². The van der Waals surface area contributed by atoms with Crippen LogP contribution in [-0.2, 0) is 21.3 Å². The normalized spacial score (nSPS) is 17.4. The Hall–Kier alpha value is -0.910. The number of hydrogen-bond donors (Lipinski definition) is 2. The fourth-order valence-corrected chi connectivity index (χ4v) is 4.41. The Balaban J connectivity index is 0.00000338. The number of guanidine groups is 1. The van der Waals surface area contributed by atoms with E-state index in [9.17, 15) is 8.42 Å². The average molecular weight is 496 g/mol. The minimum Gasteiger partial charge on any atom is -0.383 e. The predicted molar refractivity (Wildman–Crippen MR) is 114 cm³/mol. The third kappa shape index (κ3) is 6.67. The van der Waals surface area contributed by atoms with Crippen molar-refractivity contribution in [1.29, 1.82) is 0 Å². The number of hydrogen-bond acceptors (Lipinski definition) is 4. The van der Waals surface area contributed by atoms with Gasteiger partial charge in [0.05, 0.1) is 18.0 Å². The number of sulfonamides is 1. The number of nitrogens with zero attached hydrogens (tertiary/aromatic N) is 2. The lowest BCUT2D eigenvalue weighted by Gasteiger charge is -2.26. The minimum absolute atomic E-state index is 0. The summed E-state index contributed by atoms with van der Waals surface area (Å²) in [4.78, 5) is 4.59. The maximum Gasteiger partial charge on any atom is 0.243 e. The van der Waals surface area contributed by atoms with E-state index in [4.69, 9.17) is 10.5 Å². The van der Waals surface area contributed by atoms with Crippen LogP contribution in [0.25, 0.3) is 0 Å². The molecule has 1 unspecified atom stereocenters. The van der Waals surface area contributed by atoms with Crippen LogP contribution in [-0.4, -0.2) is 51.5 Å². The molecule has 1 aliphatic rings. The highest BCUT2D eigenvalue weighted by molar-refractivity contribution is 14.0. The Morgan fingerprint density at radius 1 is 1.35 bits per heavy atom. The molecule has 0 bridgehead atoms. The average Bonchev–Trinajstić information content (AvgIpc) is 2.61. The highest BCUT2D eigenvalue weighted by atomic mass is 127. The first-order valence-corrected chi connectivity index (χ1v) is 10.0. The van der Waals surface area contributed by atoms with E-state index in [0.717, 1.165) is 24.8 Å². The Kier molecular flexibility index (Phi) is 9.83. The summed E-state index contributed by atoms with van der Waals surface area (Å²) >= 11 is 0. The maximum atomic E-state index is 12.7. The third-order valence-electron chi connectivity index (χ3n) is 4.09. The molecule has 1 aromatic rings. The van der Waals surface area contributed by atoms with Crippen LogP contribution in [0.2, 0.25) is 0 Å². The van der Waals surface area contributed by atoms with Gasteiger partial charge in [-0.25, -0.2) is 13.4 Å². The van der Waals surface area contributed by atoms with Gasteiger partial charge in [0.25, 0.3) is 0 Å². The molecule has 1 fully saturated rings. The van der Waals surface area contributed by atoms with Crippen LogP contribution < -0.4 is 11.1 Å². The lowest BCUT2D eigenvalue weighted by Crippen LogP contribution is -2.40. The molecule has 0 spiro atoms. The Bertz CT molecular complexity index is 691. The maximum absolute atomic E-state index is 12.7. The summed E-state index contributed by atoms with van der Waals surface area (Å²) in [5, 5.41) is 3.02. The molecule has 0 radical (unpaired) electrons. The molecule has 0 amide bonds. The summed E-state index contributed by atoms with van der Waals surface area (Å²) in [6.07, 6.45) is 2.94. The first kappa shape index (κ1) is 23.1. The zero-order valence-corrected chi connectivity index (χ0v) is 18.5. The van der Waals surface area contributed by atoms with Crippen LogP contribution in [0.3, 0.4) is 0 Å². The second-order valence-corrected chi connectivity index (χ2v) is 8.25. The van der Waals surface area contributed by atoms with Crippen molar-refractivity contribution in [2.75, 3.05) is 26.8 Å². The van der Waals surface area contributed by atoms with E-state index in [2.05, 4.69) is 10.3 Å². The molecule has 2 rings (SSSR count). The third-order valence-corrected chi connectivity index (χ3v) is 5.99. The van der Waals surface area contributed by atoms with Gasteiger partial charge in [0.15, 0.2) is 5.96 Å². The van der Waals surface area contributed by atoms with E-state index in [1.54, 1.807) is 29.6 Å². The van der Waals surface area contributed by atoms with Crippen molar-refractivity contribution in [3.63, 3.8) is 0 Å². The van der Waals surface area contributed by atoms with Gasteiger partial charge in [0, 0.05) is 26.2 Å². The number of piperidine rings is 1. The van der Waals surface area contributed by atoms with Crippen molar-refractivity contribution in [3.05, 3.63) is 29.8 Å². The van der Waals surface area contributed by atoms with E-state index in [1.165, 1.54) is 0 Å². The van der Waals surface area contributed by atoms with Crippen molar-refractivity contribution in [3.8, 4) is 0 Å². The van der Waals surface area contributed by atoms with Gasteiger partial charge in [-0.2, -0.15) is 4.31 Å². The number of nitrogens with two attached hydrogens (primary N) is 1. The van der Waals surface area contributed by atoms with Crippen molar-refractivity contribution in [2.24, 2.45) is 10.7 Å². The quantitative estimate of drug-likeness (QED) is 0.342. The van der Waals surface area contributed by atoms with Crippen molar-refractivity contribution in [1.82, 2.24) is 9.62 Å². The number of nitrogens with one attached hydrogen (secondary N) is 1. The van der Waals surface area contributed by atoms with E-state index >= 15 is 0 Å². The number of halogens is 1. The first-order valence-electron chi connectivity index (χ1n) is 8.58. The lowest BCUT2D eigenvalue weighted by molar-refractivity contribution is 0.179.